The summed E-state index contributed by atoms with van der Waals surface area (Å²) in [6.07, 6.45) is -0.383. The standard InChI is InChI=1S/C12H13N3O2/c1-7-2-3-10-9(4-7)11(14-13-10)12(17)15-5-8(16)6-15/h2-4,8,16H,5-6H2,1H3,(H,13,14). The zero-order valence-corrected chi connectivity index (χ0v) is 9.47. The summed E-state index contributed by atoms with van der Waals surface area (Å²) < 4.78 is 0. The lowest BCUT2D eigenvalue weighted by atomic mass is 10.1. The summed E-state index contributed by atoms with van der Waals surface area (Å²) in [4.78, 5) is 13.7. The summed E-state index contributed by atoms with van der Waals surface area (Å²) in [5, 5.41) is 17.0. The Morgan fingerprint density at radius 1 is 1.53 bits per heavy atom. The minimum absolute atomic E-state index is 0.118. The lowest BCUT2D eigenvalue weighted by Crippen LogP contribution is -2.53. The number of benzene rings is 1. The molecule has 17 heavy (non-hydrogen) atoms. The Kier molecular flexibility index (Phi) is 2.16. The van der Waals surface area contributed by atoms with Gasteiger partial charge in [-0.15, -0.1) is 0 Å². The first kappa shape index (κ1) is 10.3. The summed E-state index contributed by atoms with van der Waals surface area (Å²) in [7, 11) is 0. The summed E-state index contributed by atoms with van der Waals surface area (Å²) >= 11 is 0. The van der Waals surface area contributed by atoms with Crippen LogP contribution >= 0.6 is 0 Å². The van der Waals surface area contributed by atoms with Gasteiger partial charge in [-0.1, -0.05) is 11.6 Å². The third kappa shape index (κ3) is 1.59. The molecule has 0 saturated carbocycles. The van der Waals surface area contributed by atoms with Crippen molar-refractivity contribution in [3.63, 3.8) is 0 Å². The lowest BCUT2D eigenvalue weighted by Gasteiger charge is -2.35. The van der Waals surface area contributed by atoms with E-state index in [-0.39, 0.29) is 12.0 Å². The molecule has 0 aliphatic carbocycles. The molecule has 0 spiro atoms. The van der Waals surface area contributed by atoms with Gasteiger partial charge < -0.3 is 10.0 Å². The maximum absolute atomic E-state index is 12.1. The number of aryl methyl sites for hydroxylation is 1. The van der Waals surface area contributed by atoms with E-state index in [4.69, 9.17) is 0 Å². The first-order valence-electron chi connectivity index (χ1n) is 5.57. The van der Waals surface area contributed by atoms with Gasteiger partial charge in [0, 0.05) is 18.5 Å². The number of rotatable bonds is 1. The van der Waals surface area contributed by atoms with Crippen molar-refractivity contribution in [2.75, 3.05) is 13.1 Å². The SMILES string of the molecule is Cc1ccc2[nH]nc(C(=O)N3CC(O)C3)c2c1. The number of nitrogens with zero attached hydrogens (tertiary/aromatic N) is 2. The molecule has 2 N–H and O–H groups in total. The summed E-state index contributed by atoms with van der Waals surface area (Å²) in [5.74, 6) is -0.118. The highest BCUT2D eigenvalue weighted by Crippen LogP contribution is 2.20. The number of amides is 1. The van der Waals surface area contributed by atoms with E-state index in [2.05, 4.69) is 10.2 Å². The van der Waals surface area contributed by atoms with Crippen LogP contribution in [-0.2, 0) is 0 Å². The fourth-order valence-electron chi connectivity index (χ4n) is 2.06. The smallest absolute Gasteiger partial charge is 0.275 e. The highest BCUT2D eigenvalue weighted by atomic mass is 16.3. The van der Waals surface area contributed by atoms with Gasteiger partial charge >= 0.3 is 0 Å². The molecule has 1 aliphatic heterocycles. The second-order valence-electron chi connectivity index (χ2n) is 4.49. The number of carbonyl (C=O) groups excluding carboxylic acids is 1. The monoisotopic (exact) mass is 231 g/mol. The number of hydrogen-bond acceptors (Lipinski definition) is 3. The van der Waals surface area contributed by atoms with E-state index < -0.39 is 0 Å². The molecule has 0 radical (unpaired) electrons. The number of fused-ring (bicyclic) bond motifs is 1. The molecule has 0 unspecified atom stereocenters. The number of hydrogen-bond donors (Lipinski definition) is 2. The van der Waals surface area contributed by atoms with Crippen molar-refractivity contribution in [1.29, 1.82) is 0 Å². The van der Waals surface area contributed by atoms with E-state index in [0.29, 0.717) is 18.8 Å². The average molecular weight is 231 g/mol. The van der Waals surface area contributed by atoms with Gasteiger partial charge in [0.25, 0.3) is 5.91 Å². The van der Waals surface area contributed by atoms with Crippen LogP contribution < -0.4 is 0 Å². The number of aromatic nitrogens is 2. The molecule has 0 bridgehead atoms. The largest absolute Gasteiger partial charge is 0.389 e. The molecule has 1 aromatic heterocycles. The van der Waals surface area contributed by atoms with Crippen molar-refractivity contribution < 1.29 is 9.90 Å². The molecular formula is C12H13N3O2. The predicted molar refractivity (Wildman–Crippen MR) is 62.7 cm³/mol. The van der Waals surface area contributed by atoms with Gasteiger partial charge in [-0.3, -0.25) is 9.89 Å². The highest BCUT2D eigenvalue weighted by Gasteiger charge is 2.31. The molecule has 1 aliphatic rings. The van der Waals surface area contributed by atoms with Crippen molar-refractivity contribution in [3.05, 3.63) is 29.5 Å². The van der Waals surface area contributed by atoms with Gasteiger partial charge in [-0.05, 0) is 19.1 Å². The Hall–Kier alpha value is -1.88. The Morgan fingerprint density at radius 3 is 3.00 bits per heavy atom. The second-order valence-corrected chi connectivity index (χ2v) is 4.49. The number of carbonyl (C=O) groups is 1. The Morgan fingerprint density at radius 2 is 2.29 bits per heavy atom. The number of likely N-dealkylation sites (tertiary alicyclic amines) is 1. The van der Waals surface area contributed by atoms with E-state index >= 15 is 0 Å². The zero-order valence-electron chi connectivity index (χ0n) is 9.47. The minimum Gasteiger partial charge on any atom is -0.389 e. The van der Waals surface area contributed by atoms with E-state index in [1.165, 1.54) is 0 Å². The van der Waals surface area contributed by atoms with Crippen molar-refractivity contribution >= 4 is 16.8 Å². The van der Waals surface area contributed by atoms with Gasteiger partial charge in [0.15, 0.2) is 5.69 Å². The molecule has 1 fully saturated rings. The van der Waals surface area contributed by atoms with Crippen LogP contribution in [0.15, 0.2) is 18.2 Å². The van der Waals surface area contributed by atoms with Gasteiger partial charge in [-0.2, -0.15) is 5.10 Å². The number of β-amino-alcohol motifs (C(OH)–C–C–N with tert-alkyl or cyclic N) is 1. The third-order valence-electron chi connectivity index (χ3n) is 3.07. The Balaban J connectivity index is 2.00. The number of aromatic amines is 1. The second kappa shape index (κ2) is 3.56. The summed E-state index contributed by atoms with van der Waals surface area (Å²) in [6.45, 7) is 2.78. The van der Waals surface area contributed by atoms with Crippen molar-refractivity contribution in [3.8, 4) is 0 Å². The molecule has 1 saturated heterocycles. The van der Waals surface area contributed by atoms with Crippen LogP contribution in [0.25, 0.3) is 10.9 Å². The molecule has 2 heterocycles. The first-order chi connectivity index (χ1) is 8.15. The van der Waals surface area contributed by atoms with Crippen molar-refractivity contribution in [2.24, 2.45) is 0 Å². The number of aliphatic hydroxyl groups is 1. The minimum atomic E-state index is -0.383. The molecule has 0 atom stereocenters. The quantitative estimate of drug-likeness (QED) is 0.758. The molecule has 1 amide bonds. The van der Waals surface area contributed by atoms with Crippen molar-refractivity contribution in [1.82, 2.24) is 15.1 Å². The summed E-state index contributed by atoms with van der Waals surface area (Å²) in [5.41, 5.74) is 2.40. The van der Waals surface area contributed by atoms with Gasteiger partial charge in [-0.25, -0.2) is 0 Å². The van der Waals surface area contributed by atoms with E-state index in [1.807, 2.05) is 25.1 Å². The third-order valence-corrected chi connectivity index (χ3v) is 3.07. The van der Waals surface area contributed by atoms with E-state index in [1.54, 1.807) is 4.90 Å². The number of nitrogens with one attached hydrogen (secondary N) is 1. The lowest BCUT2D eigenvalue weighted by molar-refractivity contribution is 0.00563. The van der Waals surface area contributed by atoms with Crippen LogP contribution in [0.3, 0.4) is 0 Å². The Bertz CT molecular complexity index is 584. The molecule has 5 nitrogen and oxygen atoms in total. The van der Waals surface area contributed by atoms with Gasteiger partial charge in [0.1, 0.15) is 0 Å². The first-order valence-corrected chi connectivity index (χ1v) is 5.57. The number of aliphatic hydroxyl groups excluding tert-OH is 1. The maximum Gasteiger partial charge on any atom is 0.275 e. The number of H-pyrrole nitrogens is 1. The topological polar surface area (TPSA) is 69.2 Å². The molecular weight excluding hydrogens is 218 g/mol. The normalized spacial score (nSPS) is 16.2. The molecule has 1 aromatic carbocycles. The molecule has 5 heteroatoms. The maximum atomic E-state index is 12.1. The van der Waals surface area contributed by atoms with E-state index in [0.717, 1.165) is 16.5 Å². The fourth-order valence-corrected chi connectivity index (χ4v) is 2.06. The molecule has 3 rings (SSSR count). The fraction of sp³-hybridized carbons (Fsp3) is 0.333. The van der Waals surface area contributed by atoms with Crippen LogP contribution in [0.5, 0.6) is 0 Å². The van der Waals surface area contributed by atoms with Crippen LogP contribution in [0.1, 0.15) is 16.1 Å². The van der Waals surface area contributed by atoms with Crippen LogP contribution in [0.2, 0.25) is 0 Å². The average Bonchev–Trinajstić information content (AvgIpc) is 2.66. The molecule has 2 aromatic rings. The predicted octanol–water partition coefficient (Wildman–Crippen LogP) is 0.688. The van der Waals surface area contributed by atoms with Crippen LogP contribution in [0, 0.1) is 6.92 Å². The van der Waals surface area contributed by atoms with Crippen LogP contribution in [0.4, 0.5) is 0 Å². The van der Waals surface area contributed by atoms with Crippen LogP contribution in [-0.4, -0.2) is 45.3 Å². The Labute approximate surface area is 98.0 Å². The van der Waals surface area contributed by atoms with Gasteiger partial charge in [0.2, 0.25) is 0 Å². The highest BCUT2D eigenvalue weighted by molar-refractivity contribution is 6.05. The summed E-state index contributed by atoms with van der Waals surface area (Å²) in [6, 6.07) is 5.84. The van der Waals surface area contributed by atoms with Gasteiger partial charge in [0.05, 0.1) is 11.6 Å². The zero-order chi connectivity index (χ0) is 12.0. The van der Waals surface area contributed by atoms with Crippen molar-refractivity contribution in [2.45, 2.75) is 13.0 Å². The van der Waals surface area contributed by atoms with E-state index in [9.17, 15) is 9.90 Å². The molecule has 88 valence electrons.